The molecule has 8 heteroatoms. The Labute approximate surface area is 155 Å². The van der Waals surface area contributed by atoms with E-state index in [2.05, 4.69) is 10.1 Å². The molecule has 1 amide bonds. The smallest absolute Gasteiger partial charge is 0.258 e. The first-order chi connectivity index (χ1) is 13.2. The first kappa shape index (κ1) is 17.1. The minimum atomic E-state index is -0.113. The number of amides is 1. The van der Waals surface area contributed by atoms with Crippen LogP contribution in [0.2, 0.25) is 0 Å². The summed E-state index contributed by atoms with van der Waals surface area (Å²) in [6, 6.07) is 9.01. The van der Waals surface area contributed by atoms with Crippen molar-refractivity contribution in [1.82, 2.24) is 15.0 Å². The second-order valence-electron chi connectivity index (χ2n) is 6.31. The van der Waals surface area contributed by atoms with Crippen LogP contribution in [0, 0.1) is 0 Å². The number of furan rings is 1. The summed E-state index contributed by atoms with van der Waals surface area (Å²) in [4.78, 5) is 18.5. The van der Waals surface area contributed by atoms with E-state index in [9.17, 15) is 4.79 Å². The molecule has 0 radical (unpaired) electrons. The normalized spacial score (nSPS) is 16.7. The van der Waals surface area contributed by atoms with E-state index < -0.39 is 0 Å². The highest BCUT2D eigenvalue weighted by Gasteiger charge is 2.34. The highest BCUT2D eigenvalue weighted by Crippen LogP contribution is 2.32. The van der Waals surface area contributed by atoms with Gasteiger partial charge in [-0.15, -0.1) is 0 Å². The molecule has 1 saturated heterocycles. The van der Waals surface area contributed by atoms with E-state index >= 15 is 0 Å². The Bertz CT molecular complexity index is 912. The average molecular weight is 369 g/mol. The van der Waals surface area contributed by atoms with Crippen LogP contribution < -0.4 is 9.47 Å². The number of rotatable bonds is 6. The van der Waals surface area contributed by atoms with Crippen molar-refractivity contribution < 1.29 is 23.2 Å². The van der Waals surface area contributed by atoms with Crippen molar-refractivity contribution in [2.24, 2.45) is 0 Å². The van der Waals surface area contributed by atoms with Crippen LogP contribution in [0.4, 0.5) is 0 Å². The van der Waals surface area contributed by atoms with E-state index in [1.165, 1.54) is 0 Å². The van der Waals surface area contributed by atoms with Crippen LogP contribution in [0.15, 0.2) is 45.5 Å². The third kappa shape index (κ3) is 3.51. The molecule has 27 heavy (non-hydrogen) atoms. The van der Waals surface area contributed by atoms with Crippen molar-refractivity contribution in [3.63, 3.8) is 0 Å². The number of hydrogen-bond donors (Lipinski definition) is 0. The van der Waals surface area contributed by atoms with Crippen LogP contribution >= 0.6 is 0 Å². The topological polar surface area (TPSA) is 90.8 Å². The zero-order chi connectivity index (χ0) is 18.8. The van der Waals surface area contributed by atoms with Crippen molar-refractivity contribution >= 4 is 5.91 Å². The summed E-state index contributed by atoms with van der Waals surface area (Å²) >= 11 is 0. The maximum absolute atomic E-state index is 12.3. The molecular weight excluding hydrogens is 350 g/mol. The van der Waals surface area contributed by atoms with Gasteiger partial charge in [0.15, 0.2) is 5.82 Å². The van der Waals surface area contributed by atoms with Gasteiger partial charge in [0.2, 0.25) is 5.91 Å². The zero-order valence-electron chi connectivity index (χ0n) is 15.0. The van der Waals surface area contributed by atoms with Crippen molar-refractivity contribution in [3.8, 4) is 23.0 Å². The number of likely N-dealkylation sites (tertiary alicyclic amines) is 1. The predicted octanol–water partition coefficient (Wildman–Crippen LogP) is 2.86. The third-order valence-corrected chi connectivity index (χ3v) is 4.55. The van der Waals surface area contributed by atoms with Gasteiger partial charge >= 0.3 is 0 Å². The molecule has 1 unspecified atom stereocenters. The summed E-state index contributed by atoms with van der Waals surface area (Å²) in [6.07, 6.45) is 1.95. The summed E-state index contributed by atoms with van der Waals surface area (Å²) < 4.78 is 21.3. The van der Waals surface area contributed by atoms with E-state index in [0.717, 1.165) is 5.76 Å². The second kappa shape index (κ2) is 7.14. The van der Waals surface area contributed by atoms with Crippen LogP contribution in [0.25, 0.3) is 11.5 Å². The number of carbonyl (C=O) groups excluding carboxylic acids is 1. The molecule has 0 aliphatic carbocycles. The molecule has 1 fully saturated rings. The molecule has 2 aromatic heterocycles. The van der Waals surface area contributed by atoms with E-state index in [1.54, 1.807) is 49.6 Å². The van der Waals surface area contributed by atoms with Crippen molar-refractivity contribution in [3.05, 3.63) is 48.2 Å². The summed E-state index contributed by atoms with van der Waals surface area (Å²) in [6.45, 7) is 0.972. The fraction of sp³-hybridized carbons (Fsp3) is 0.316. The number of aromatic nitrogens is 2. The van der Waals surface area contributed by atoms with Crippen LogP contribution in [-0.4, -0.2) is 41.7 Å². The number of nitrogens with zero attached hydrogens (tertiary/aromatic N) is 3. The lowest BCUT2D eigenvalue weighted by Crippen LogP contribution is -2.24. The number of benzene rings is 1. The van der Waals surface area contributed by atoms with Crippen LogP contribution in [0.5, 0.6) is 11.5 Å². The Morgan fingerprint density at radius 3 is 2.67 bits per heavy atom. The van der Waals surface area contributed by atoms with Crippen LogP contribution in [-0.2, 0) is 11.3 Å². The fourth-order valence-electron chi connectivity index (χ4n) is 3.14. The van der Waals surface area contributed by atoms with E-state index in [4.69, 9.17) is 18.4 Å². The average Bonchev–Trinajstić information content (AvgIpc) is 3.43. The fourth-order valence-corrected chi connectivity index (χ4v) is 3.14. The Balaban J connectivity index is 1.52. The number of ether oxygens (including phenoxy) is 2. The van der Waals surface area contributed by atoms with Gasteiger partial charge in [-0.2, -0.15) is 4.98 Å². The van der Waals surface area contributed by atoms with E-state index in [-0.39, 0.29) is 11.8 Å². The van der Waals surface area contributed by atoms with Gasteiger partial charge in [0, 0.05) is 30.5 Å². The second-order valence-corrected chi connectivity index (χ2v) is 6.31. The molecule has 1 aromatic carbocycles. The molecule has 1 aliphatic rings. The molecule has 3 aromatic rings. The lowest BCUT2D eigenvalue weighted by Gasteiger charge is -2.13. The minimum Gasteiger partial charge on any atom is -0.497 e. The molecule has 0 N–H and O–H groups in total. The lowest BCUT2D eigenvalue weighted by molar-refractivity contribution is -0.128. The molecule has 0 bridgehead atoms. The maximum atomic E-state index is 12.3. The summed E-state index contributed by atoms with van der Waals surface area (Å²) in [5, 5.41) is 4.08. The molecule has 1 atom stereocenters. The van der Waals surface area contributed by atoms with Gasteiger partial charge in [-0.05, 0) is 24.3 Å². The largest absolute Gasteiger partial charge is 0.497 e. The molecule has 0 spiro atoms. The monoisotopic (exact) mass is 369 g/mol. The molecule has 8 nitrogen and oxygen atoms in total. The summed E-state index contributed by atoms with van der Waals surface area (Å²) in [5.74, 6) is 2.82. The first-order valence-electron chi connectivity index (χ1n) is 8.53. The molecule has 1 aliphatic heterocycles. The predicted molar refractivity (Wildman–Crippen MR) is 94.3 cm³/mol. The van der Waals surface area contributed by atoms with E-state index in [0.29, 0.717) is 48.3 Å². The standard InChI is InChI=1S/C19H19N3O5/c1-24-15-6-12(7-16(9-15)25-2)19-20-18(21-27-19)13-8-17(23)22(10-13)11-14-4-3-5-26-14/h3-7,9,13H,8,10-11H2,1-2H3. The highest BCUT2D eigenvalue weighted by atomic mass is 16.5. The minimum absolute atomic E-state index is 0.0470. The van der Waals surface area contributed by atoms with Crippen LogP contribution in [0.3, 0.4) is 0 Å². The van der Waals surface area contributed by atoms with Gasteiger partial charge in [-0.25, -0.2) is 0 Å². The Morgan fingerprint density at radius 1 is 1.22 bits per heavy atom. The van der Waals surface area contributed by atoms with Crippen molar-refractivity contribution in [2.45, 2.75) is 18.9 Å². The third-order valence-electron chi connectivity index (χ3n) is 4.55. The van der Waals surface area contributed by atoms with Crippen molar-refractivity contribution in [2.75, 3.05) is 20.8 Å². The molecule has 4 rings (SSSR count). The van der Waals surface area contributed by atoms with Gasteiger partial charge in [0.05, 0.1) is 27.0 Å². The Kier molecular flexibility index (Phi) is 4.53. The van der Waals surface area contributed by atoms with Gasteiger partial charge in [0.1, 0.15) is 17.3 Å². The Hall–Kier alpha value is -3.29. The van der Waals surface area contributed by atoms with E-state index in [1.807, 2.05) is 6.07 Å². The van der Waals surface area contributed by atoms with Gasteiger partial charge in [-0.1, -0.05) is 5.16 Å². The van der Waals surface area contributed by atoms with Gasteiger partial charge in [0.25, 0.3) is 5.89 Å². The SMILES string of the molecule is COc1cc(OC)cc(-c2nc(C3CC(=O)N(Cc4ccco4)C3)no2)c1. The number of hydrogen-bond acceptors (Lipinski definition) is 7. The number of carbonyl (C=O) groups is 1. The molecular formula is C19H19N3O5. The quantitative estimate of drug-likeness (QED) is 0.660. The number of methoxy groups -OCH3 is 2. The lowest BCUT2D eigenvalue weighted by atomic mass is 10.1. The van der Waals surface area contributed by atoms with Gasteiger partial charge in [-0.3, -0.25) is 4.79 Å². The van der Waals surface area contributed by atoms with Crippen LogP contribution in [0.1, 0.15) is 23.9 Å². The zero-order valence-corrected chi connectivity index (χ0v) is 15.0. The molecule has 0 saturated carbocycles. The maximum Gasteiger partial charge on any atom is 0.258 e. The molecule has 3 heterocycles. The van der Waals surface area contributed by atoms with Gasteiger partial charge < -0.3 is 23.3 Å². The highest BCUT2D eigenvalue weighted by molar-refractivity contribution is 5.79. The first-order valence-corrected chi connectivity index (χ1v) is 8.53. The molecule has 140 valence electrons. The Morgan fingerprint density at radius 2 is 2.00 bits per heavy atom. The van der Waals surface area contributed by atoms with Crippen molar-refractivity contribution in [1.29, 1.82) is 0 Å². The summed E-state index contributed by atoms with van der Waals surface area (Å²) in [7, 11) is 3.16. The summed E-state index contributed by atoms with van der Waals surface area (Å²) in [5.41, 5.74) is 0.696.